The van der Waals surface area contributed by atoms with Gasteiger partial charge in [-0.05, 0) is 25.0 Å². The largest absolute Gasteiger partial charge is 0.371 e. The summed E-state index contributed by atoms with van der Waals surface area (Å²) in [6.45, 7) is 3.95. The molecule has 1 saturated carbocycles. The molecule has 0 N–H and O–H groups in total. The molecule has 1 aliphatic carbocycles. The molecule has 1 heterocycles. The van der Waals surface area contributed by atoms with E-state index in [0.717, 1.165) is 31.6 Å². The van der Waals surface area contributed by atoms with Crippen molar-refractivity contribution in [1.29, 1.82) is 0 Å². The zero-order valence-corrected chi connectivity index (χ0v) is 13.4. The smallest absolute Gasteiger partial charge is 0.180 e. The summed E-state index contributed by atoms with van der Waals surface area (Å²) >= 11 is 0. The Hall–Kier alpha value is -1.07. The molecule has 0 unspecified atom stereocenters. The van der Waals surface area contributed by atoms with Crippen LogP contribution in [0.25, 0.3) is 0 Å². The van der Waals surface area contributed by atoms with Crippen molar-refractivity contribution in [2.24, 2.45) is 0 Å². The standard InChI is InChI=1S/C16H23NO3S/c1-2-21(18,19)15-8-4-3-7-14(15)17-11-12-20-16(13-17)9-5-6-10-16/h3-4,7-8H,2,5-6,9-13H2,1H3. The molecule has 5 heteroatoms. The Morgan fingerprint density at radius 2 is 1.95 bits per heavy atom. The summed E-state index contributed by atoms with van der Waals surface area (Å²) in [5.74, 6) is 0.138. The lowest BCUT2D eigenvalue weighted by Gasteiger charge is -2.42. The van der Waals surface area contributed by atoms with Crippen molar-refractivity contribution >= 4 is 15.5 Å². The molecule has 1 aliphatic heterocycles. The van der Waals surface area contributed by atoms with Crippen LogP contribution in [0, 0.1) is 0 Å². The van der Waals surface area contributed by atoms with Crippen LogP contribution < -0.4 is 4.90 Å². The summed E-state index contributed by atoms with van der Waals surface area (Å²) in [4.78, 5) is 2.67. The summed E-state index contributed by atoms with van der Waals surface area (Å²) in [6.07, 6.45) is 4.60. The maximum atomic E-state index is 12.3. The van der Waals surface area contributed by atoms with E-state index in [0.29, 0.717) is 11.5 Å². The third-order valence-corrected chi connectivity index (χ3v) is 6.46. The second-order valence-electron chi connectivity index (χ2n) is 6.03. The number of hydrogen-bond acceptors (Lipinski definition) is 4. The number of ether oxygens (including phenoxy) is 1. The number of para-hydroxylation sites is 1. The molecular weight excluding hydrogens is 286 g/mol. The molecule has 21 heavy (non-hydrogen) atoms. The highest BCUT2D eigenvalue weighted by molar-refractivity contribution is 7.91. The molecule has 0 atom stereocenters. The highest BCUT2D eigenvalue weighted by Gasteiger charge is 2.40. The van der Waals surface area contributed by atoms with Gasteiger partial charge in [0.15, 0.2) is 9.84 Å². The first-order valence-electron chi connectivity index (χ1n) is 7.77. The van der Waals surface area contributed by atoms with E-state index in [1.807, 2.05) is 12.1 Å². The summed E-state index contributed by atoms with van der Waals surface area (Å²) in [5, 5.41) is 0. The third kappa shape index (κ3) is 2.81. The molecule has 0 aromatic heterocycles. The summed E-state index contributed by atoms with van der Waals surface area (Å²) in [6, 6.07) is 7.38. The molecule has 0 bridgehead atoms. The van der Waals surface area contributed by atoms with Crippen LogP contribution in [-0.2, 0) is 14.6 Å². The van der Waals surface area contributed by atoms with E-state index in [4.69, 9.17) is 4.74 Å². The Bertz CT molecular complexity index is 606. The van der Waals surface area contributed by atoms with Crippen LogP contribution in [0.5, 0.6) is 0 Å². The van der Waals surface area contributed by atoms with Crippen molar-refractivity contribution in [3.05, 3.63) is 24.3 Å². The highest BCUT2D eigenvalue weighted by Crippen LogP contribution is 2.38. The molecule has 2 aliphatic rings. The monoisotopic (exact) mass is 309 g/mol. The maximum Gasteiger partial charge on any atom is 0.180 e. The van der Waals surface area contributed by atoms with E-state index < -0.39 is 9.84 Å². The van der Waals surface area contributed by atoms with Gasteiger partial charge in [0.2, 0.25) is 0 Å². The van der Waals surface area contributed by atoms with Crippen LogP contribution in [0.2, 0.25) is 0 Å². The molecule has 1 spiro atoms. The number of hydrogen-bond donors (Lipinski definition) is 0. The van der Waals surface area contributed by atoms with E-state index in [1.54, 1.807) is 19.1 Å². The average molecular weight is 309 g/mol. The fraction of sp³-hybridized carbons (Fsp3) is 0.625. The fourth-order valence-electron chi connectivity index (χ4n) is 3.51. The summed E-state index contributed by atoms with van der Waals surface area (Å²) in [7, 11) is -3.20. The van der Waals surface area contributed by atoms with Gasteiger partial charge >= 0.3 is 0 Å². The summed E-state index contributed by atoms with van der Waals surface area (Å²) in [5.41, 5.74) is 0.787. The predicted molar refractivity (Wildman–Crippen MR) is 83.5 cm³/mol. The fourth-order valence-corrected chi connectivity index (χ4v) is 4.62. The molecule has 1 aromatic rings. The van der Waals surface area contributed by atoms with Gasteiger partial charge < -0.3 is 9.64 Å². The normalized spacial score (nSPS) is 21.9. The Morgan fingerprint density at radius 1 is 1.24 bits per heavy atom. The van der Waals surface area contributed by atoms with Crippen LogP contribution in [0.3, 0.4) is 0 Å². The van der Waals surface area contributed by atoms with Gasteiger partial charge in [0.05, 0.1) is 28.5 Å². The molecule has 4 nitrogen and oxygen atoms in total. The van der Waals surface area contributed by atoms with E-state index in [-0.39, 0.29) is 11.4 Å². The van der Waals surface area contributed by atoms with E-state index in [2.05, 4.69) is 4.90 Å². The van der Waals surface area contributed by atoms with Crippen molar-refractivity contribution < 1.29 is 13.2 Å². The molecule has 0 amide bonds. The van der Waals surface area contributed by atoms with Crippen molar-refractivity contribution in [2.45, 2.75) is 43.1 Å². The lowest BCUT2D eigenvalue weighted by molar-refractivity contribution is -0.0502. The van der Waals surface area contributed by atoms with Crippen LogP contribution in [0.1, 0.15) is 32.6 Å². The number of morpholine rings is 1. The van der Waals surface area contributed by atoms with Crippen molar-refractivity contribution in [3.8, 4) is 0 Å². The van der Waals surface area contributed by atoms with Crippen molar-refractivity contribution in [2.75, 3.05) is 30.3 Å². The lowest BCUT2D eigenvalue weighted by atomic mass is 9.99. The Labute approximate surface area is 127 Å². The number of anilines is 1. The first-order chi connectivity index (χ1) is 10.1. The van der Waals surface area contributed by atoms with Crippen molar-refractivity contribution in [1.82, 2.24) is 0 Å². The number of rotatable bonds is 3. The van der Waals surface area contributed by atoms with E-state index in [9.17, 15) is 8.42 Å². The average Bonchev–Trinajstić information content (AvgIpc) is 2.95. The second kappa shape index (κ2) is 5.61. The Morgan fingerprint density at radius 3 is 2.67 bits per heavy atom. The van der Waals surface area contributed by atoms with E-state index in [1.165, 1.54) is 12.8 Å². The molecular formula is C16H23NO3S. The number of benzene rings is 1. The van der Waals surface area contributed by atoms with Gasteiger partial charge in [-0.3, -0.25) is 0 Å². The number of nitrogens with zero attached hydrogens (tertiary/aromatic N) is 1. The summed E-state index contributed by atoms with van der Waals surface area (Å²) < 4.78 is 30.7. The zero-order valence-electron chi connectivity index (χ0n) is 12.5. The molecule has 1 aromatic carbocycles. The van der Waals surface area contributed by atoms with Crippen LogP contribution in [0.15, 0.2) is 29.2 Å². The van der Waals surface area contributed by atoms with Gasteiger partial charge in [-0.2, -0.15) is 0 Å². The zero-order chi connectivity index (χ0) is 14.9. The van der Waals surface area contributed by atoms with E-state index >= 15 is 0 Å². The van der Waals surface area contributed by atoms with Crippen LogP contribution >= 0.6 is 0 Å². The SMILES string of the molecule is CCS(=O)(=O)c1ccccc1N1CCOC2(CCCC2)C1. The minimum atomic E-state index is -3.20. The molecule has 116 valence electrons. The van der Waals surface area contributed by atoms with Gasteiger partial charge in [-0.15, -0.1) is 0 Å². The van der Waals surface area contributed by atoms with Gasteiger partial charge in [0.25, 0.3) is 0 Å². The Kier molecular flexibility index (Phi) is 3.97. The minimum absolute atomic E-state index is 0.0542. The number of sulfone groups is 1. The van der Waals surface area contributed by atoms with Crippen LogP contribution in [0.4, 0.5) is 5.69 Å². The third-order valence-electron chi connectivity index (χ3n) is 4.68. The molecule has 2 fully saturated rings. The first kappa shape index (κ1) is 14.9. The Balaban J connectivity index is 1.93. The predicted octanol–water partition coefficient (Wildman–Crippen LogP) is 2.63. The van der Waals surface area contributed by atoms with Gasteiger partial charge in [0.1, 0.15) is 0 Å². The van der Waals surface area contributed by atoms with Gasteiger partial charge in [-0.25, -0.2) is 8.42 Å². The van der Waals surface area contributed by atoms with Gasteiger partial charge in [-0.1, -0.05) is 31.9 Å². The molecule has 3 rings (SSSR count). The molecule has 0 radical (unpaired) electrons. The van der Waals surface area contributed by atoms with Gasteiger partial charge in [0, 0.05) is 13.1 Å². The quantitative estimate of drug-likeness (QED) is 0.861. The first-order valence-corrected chi connectivity index (χ1v) is 9.42. The second-order valence-corrected chi connectivity index (χ2v) is 8.28. The maximum absolute atomic E-state index is 12.3. The lowest BCUT2D eigenvalue weighted by Crippen LogP contribution is -2.50. The topological polar surface area (TPSA) is 46.6 Å². The van der Waals surface area contributed by atoms with Crippen molar-refractivity contribution in [3.63, 3.8) is 0 Å². The minimum Gasteiger partial charge on any atom is -0.371 e. The van der Waals surface area contributed by atoms with Crippen LogP contribution in [-0.4, -0.2) is 39.5 Å². The highest BCUT2D eigenvalue weighted by atomic mass is 32.2. The molecule has 1 saturated heterocycles.